The lowest BCUT2D eigenvalue weighted by atomic mass is 9.56. The summed E-state index contributed by atoms with van der Waals surface area (Å²) in [6, 6.07) is 0. The van der Waals surface area contributed by atoms with Crippen molar-refractivity contribution in [1.29, 1.82) is 0 Å². The van der Waals surface area contributed by atoms with Gasteiger partial charge >= 0.3 is 0 Å². The fourth-order valence-corrected chi connectivity index (χ4v) is 2.04. The SMILES string of the molecule is NCC1CCC12CNC2. The van der Waals surface area contributed by atoms with Crippen LogP contribution in [-0.4, -0.2) is 19.6 Å². The second-order valence-corrected chi connectivity index (χ2v) is 3.44. The van der Waals surface area contributed by atoms with Gasteiger partial charge in [0.05, 0.1) is 0 Å². The molecule has 2 aliphatic rings. The summed E-state index contributed by atoms with van der Waals surface area (Å²) in [4.78, 5) is 0. The number of nitrogens with two attached hydrogens (primary N) is 1. The summed E-state index contributed by atoms with van der Waals surface area (Å²) in [5.74, 6) is 0.846. The molecule has 2 nitrogen and oxygen atoms in total. The Morgan fingerprint density at radius 3 is 2.44 bits per heavy atom. The lowest BCUT2D eigenvalue weighted by Crippen LogP contribution is -2.63. The molecule has 1 heterocycles. The van der Waals surface area contributed by atoms with Crippen LogP contribution in [-0.2, 0) is 0 Å². The maximum Gasteiger partial charge on any atom is 0.00234 e. The first-order chi connectivity index (χ1) is 4.37. The zero-order valence-electron chi connectivity index (χ0n) is 5.69. The van der Waals surface area contributed by atoms with Crippen molar-refractivity contribution < 1.29 is 0 Å². The minimum absolute atomic E-state index is 0.675. The molecule has 0 aromatic rings. The molecule has 1 saturated heterocycles. The zero-order valence-corrected chi connectivity index (χ0v) is 5.69. The summed E-state index contributed by atoms with van der Waals surface area (Å²) < 4.78 is 0. The van der Waals surface area contributed by atoms with Gasteiger partial charge in [0.1, 0.15) is 0 Å². The fourth-order valence-electron chi connectivity index (χ4n) is 2.04. The van der Waals surface area contributed by atoms with Crippen molar-refractivity contribution in [3.05, 3.63) is 0 Å². The van der Waals surface area contributed by atoms with Crippen LogP contribution >= 0.6 is 0 Å². The summed E-state index contributed by atoms with van der Waals surface area (Å²) in [6.07, 6.45) is 2.79. The molecule has 1 aliphatic carbocycles. The minimum atomic E-state index is 0.675. The van der Waals surface area contributed by atoms with E-state index >= 15 is 0 Å². The van der Waals surface area contributed by atoms with Gasteiger partial charge in [-0.3, -0.25) is 0 Å². The van der Waals surface area contributed by atoms with Crippen LogP contribution in [0, 0.1) is 11.3 Å². The average Bonchev–Trinajstić information content (AvgIpc) is 1.59. The fraction of sp³-hybridized carbons (Fsp3) is 1.00. The van der Waals surface area contributed by atoms with E-state index in [0.717, 1.165) is 12.5 Å². The van der Waals surface area contributed by atoms with Crippen molar-refractivity contribution in [3.63, 3.8) is 0 Å². The van der Waals surface area contributed by atoms with Crippen molar-refractivity contribution >= 4 is 0 Å². The van der Waals surface area contributed by atoms with Crippen LogP contribution in [0.2, 0.25) is 0 Å². The van der Waals surface area contributed by atoms with E-state index in [9.17, 15) is 0 Å². The van der Waals surface area contributed by atoms with Crippen LogP contribution in [0.15, 0.2) is 0 Å². The molecule has 3 N–H and O–H groups in total. The van der Waals surface area contributed by atoms with Gasteiger partial charge in [-0.15, -0.1) is 0 Å². The molecule has 2 fully saturated rings. The molecule has 0 aromatic carbocycles. The molecule has 9 heavy (non-hydrogen) atoms. The van der Waals surface area contributed by atoms with E-state index in [4.69, 9.17) is 5.73 Å². The van der Waals surface area contributed by atoms with E-state index in [1.54, 1.807) is 0 Å². The predicted octanol–water partition coefficient (Wildman–Crippen LogP) is -0.0553. The standard InChI is InChI=1S/C7H14N2/c8-3-6-1-2-7(6)4-9-5-7/h6,9H,1-5,8H2. The highest BCUT2D eigenvalue weighted by Crippen LogP contribution is 2.48. The van der Waals surface area contributed by atoms with Crippen LogP contribution < -0.4 is 11.1 Å². The van der Waals surface area contributed by atoms with Gasteiger partial charge in [0, 0.05) is 13.1 Å². The Labute approximate surface area is 55.8 Å². The van der Waals surface area contributed by atoms with E-state index in [1.807, 2.05) is 0 Å². The van der Waals surface area contributed by atoms with Gasteiger partial charge in [-0.25, -0.2) is 0 Å². The number of hydrogen-bond donors (Lipinski definition) is 2. The summed E-state index contributed by atoms with van der Waals surface area (Å²) in [6.45, 7) is 3.37. The Bertz CT molecular complexity index is 111. The molecular formula is C7H14N2. The smallest absolute Gasteiger partial charge is 0.00234 e. The number of rotatable bonds is 1. The van der Waals surface area contributed by atoms with Gasteiger partial charge in [0.25, 0.3) is 0 Å². The lowest BCUT2D eigenvalue weighted by Gasteiger charge is -2.56. The van der Waals surface area contributed by atoms with E-state index in [-0.39, 0.29) is 0 Å². The third-order valence-corrected chi connectivity index (χ3v) is 3.10. The highest BCUT2D eigenvalue weighted by molar-refractivity contribution is 5.04. The molecule has 1 spiro atoms. The van der Waals surface area contributed by atoms with Gasteiger partial charge in [0.15, 0.2) is 0 Å². The minimum Gasteiger partial charge on any atom is -0.330 e. The lowest BCUT2D eigenvalue weighted by molar-refractivity contribution is -0.0176. The van der Waals surface area contributed by atoms with Crippen LogP contribution in [0.25, 0.3) is 0 Å². The molecular weight excluding hydrogens is 112 g/mol. The predicted molar refractivity (Wildman–Crippen MR) is 37.1 cm³/mol. The molecule has 1 atom stereocenters. The maximum absolute atomic E-state index is 5.59. The first-order valence-corrected chi connectivity index (χ1v) is 3.78. The Kier molecular flexibility index (Phi) is 1.08. The Balaban J connectivity index is 1.97. The Morgan fingerprint density at radius 1 is 1.56 bits per heavy atom. The molecule has 0 bridgehead atoms. The highest BCUT2D eigenvalue weighted by Gasteiger charge is 2.49. The largest absolute Gasteiger partial charge is 0.330 e. The topological polar surface area (TPSA) is 38.0 Å². The van der Waals surface area contributed by atoms with E-state index in [1.165, 1.54) is 25.9 Å². The van der Waals surface area contributed by atoms with Gasteiger partial charge in [-0.05, 0) is 30.7 Å². The van der Waals surface area contributed by atoms with Gasteiger partial charge in [-0.2, -0.15) is 0 Å². The molecule has 1 aliphatic heterocycles. The molecule has 0 radical (unpaired) electrons. The Morgan fingerprint density at radius 2 is 2.33 bits per heavy atom. The number of hydrogen-bond acceptors (Lipinski definition) is 2. The normalized spacial score (nSPS) is 37.7. The summed E-state index contributed by atoms with van der Waals surface area (Å²) in [5.41, 5.74) is 6.27. The van der Waals surface area contributed by atoms with E-state index < -0.39 is 0 Å². The average molecular weight is 126 g/mol. The monoisotopic (exact) mass is 126 g/mol. The molecule has 1 saturated carbocycles. The zero-order chi connectivity index (χ0) is 6.32. The van der Waals surface area contributed by atoms with E-state index in [2.05, 4.69) is 5.32 Å². The third-order valence-electron chi connectivity index (χ3n) is 3.10. The summed E-state index contributed by atoms with van der Waals surface area (Å²) >= 11 is 0. The molecule has 2 rings (SSSR count). The number of nitrogens with one attached hydrogen (secondary N) is 1. The second-order valence-electron chi connectivity index (χ2n) is 3.44. The van der Waals surface area contributed by atoms with Gasteiger partial charge < -0.3 is 11.1 Å². The molecule has 1 unspecified atom stereocenters. The third kappa shape index (κ3) is 0.578. The molecule has 2 heteroatoms. The summed E-state index contributed by atoms with van der Waals surface area (Å²) in [7, 11) is 0. The highest BCUT2D eigenvalue weighted by atomic mass is 15.0. The first kappa shape index (κ1) is 5.69. The van der Waals surface area contributed by atoms with Crippen molar-refractivity contribution in [1.82, 2.24) is 5.32 Å². The Hall–Kier alpha value is -0.0800. The van der Waals surface area contributed by atoms with Crippen molar-refractivity contribution in [2.45, 2.75) is 12.8 Å². The van der Waals surface area contributed by atoms with Crippen LogP contribution in [0.5, 0.6) is 0 Å². The molecule has 0 amide bonds. The molecule has 52 valence electrons. The second kappa shape index (κ2) is 1.70. The van der Waals surface area contributed by atoms with Crippen molar-refractivity contribution in [2.75, 3.05) is 19.6 Å². The van der Waals surface area contributed by atoms with Crippen LogP contribution in [0.3, 0.4) is 0 Å². The first-order valence-electron chi connectivity index (χ1n) is 3.78. The van der Waals surface area contributed by atoms with E-state index in [0.29, 0.717) is 5.41 Å². The maximum atomic E-state index is 5.59. The summed E-state index contributed by atoms with van der Waals surface area (Å²) in [5, 5.41) is 3.31. The van der Waals surface area contributed by atoms with Crippen molar-refractivity contribution in [2.24, 2.45) is 17.1 Å². The molecule has 0 aromatic heterocycles. The quantitative estimate of drug-likeness (QED) is 0.517. The van der Waals surface area contributed by atoms with Gasteiger partial charge in [-0.1, -0.05) is 0 Å². The van der Waals surface area contributed by atoms with Crippen LogP contribution in [0.1, 0.15) is 12.8 Å². The van der Waals surface area contributed by atoms with Crippen LogP contribution in [0.4, 0.5) is 0 Å². The van der Waals surface area contributed by atoms with Crippen molar-refractivity contribution in [3.8, 4) is 0 Å². The van der Waals surface area contributed by atoms with Gasteiger partial charge in [0.2, 0.25) is 0 Å².